The lowest BCUT2D eigenvalue weighted by molar-refractivity contribution is 0.295. The molecule has 1 fully saturated rings. The predicted octanol–water partition coefficient (Wildman–Crippen LogP) is 0.478. The molecule has 84 valence electrons. The molecule has 1 rings (SSSR count). The molecule has 4 nitrogen and oxygen atoms in total. The molecule has 1 saturated carbocycles. The molecule has 5 heteroatoms. The van der Waals surface area contributed by atoms with Crippen LogP contribution in [0.25, 0.3) is 0 Å². The largest absolute Gasteiger partial charge is 0.396 e. The fourth-order valence-electron chi connectivity index (χ4n) is 1.42. The Morgan fingerprint density at radius 1 is 1.43 bits per heavy atom. The lowest BCUT2D eigenvalue weighted by Gasteiger charge is -2.13. The van der Waals surface area contributed by atoms with E-state index in [0.29, 0.717) is 13.0 Å². The highest BCUT2D eigenvalue weighted by Crippen LogP contribution is 2.47. The first-order valence-electron chi connectivity index (χ1n) is 5.12. The second-order valence-corrected chi connectivity index (χ2v) is 6.00. The van der Waals surface area contributed by atoms with Gasteiger partial charge in [-0.1, -0.05) is 6.92 Å². The molecule has 0 spiro atoms. The summed E-state index contributed by atoms with van der Waals surface area (Å²) < 4.78 is 25.3. The Hall–Kier alpha value is -0.130. The Balaban J connectivity index is 2.29. The summed E-state index contributed by atoms with van der Waals surface area (Å²) in [6.45, 7) is 2.59. The van der Waals surface area contributed by atoms with Crippen molar-refractivity contribution in [3.8, 4) is 0 Å². The van der Waals surface area contributed by atoms with E-state index in [2.05, 4.69) is 11.6 Å². The summed E-state index contributed by atoms with van der Waals surface area (Å²) >= 11 is 0. The van der Waals surface area contributed by atoms with Crippen LogP contribution in [-0.2, 0) is 10.0 Å². The Kier molecular flexibility index (Phi) is 3.92. The standard InChI is InChI=1S/C9H19NO3S/c1-2-9(4-5-9)8-10-14(12,13)7-3-6-11/h10-11H,2-8H2,1H3. The van der Waals surface area contributed by atoms with Crippen molar-refractivity contribution >= 4 is 10.0 Å². The van der Waals surface area contributed by atoms with Crippen LogP contribution in [0.5, 0.6) is 0 Å². The summed E-state index contributed by atoms with van der Waals surface area (Å²) in [6.07, 6.45) is 3.61. The minimum absolute atomic E-state index is 0.0310. The molecule has 0 heterocycles. The molecule has 0 aromatic rings. The van der Waals surface area contributed by atoms with Crippen LogP contribution >= 0.6 is 0 Å². The third-order valence-corrected chi connectivity index (χ3v) is 4.36. The zero-order chi connectivity index (χ0) is 10.7. The second-order valence-electron chi connectivity index (χ2n) is 4.07. The van der Waals surface area contributed by atoms with E-state index in [1.807, 2.05) is 0 Å². The van der Waals surface area contributed by atoms with Crippen molar-refractivity contribution < 1.29 is 13.5 Å². The van der Waals surface area contributed by atoms with Gasteiger partial charge in [0.15, 0.2) is 0 Å². The van der Waals surface area contributed by atoms with E-state index < -0.39 is 10.0 Å². The highest BCUT2D eigenvalue weighted by molar-refractivity contribution is 7.89. The van der Waals surface area contributed by atoms with Gasteiger partial charge in [-0.25, -0.2) is 13.1 Å². The molecule has 0 radical (unpaired) electrons. The van der Waals surface area contributed by atoms with Gasteiger partial charge in [-0.15, -0.1) is 0 Å². The van der Waals surface area contributed by atoms with Gasteiger partial charge in [0.1, 0.15) is 0 Å². The van der Waals surface area contributed by atoms with E-state index in [9.17, 15) is 8.42 Å². The molecule has 0 saturated heterocycles. The summed E-state index contributed by atoms with van der Waals surface area (Å²) in [6, 6.07) is 0. The van der Waals surface area contributed by atoms with Gasteiger partial charge < -0.3 is 5.11 Å². The van der Waals surface area contributed by atoms with Gasteiger partial charge in [-0.3, -0.25) is 0 Å². The van der Waals surface area contributed by atoms with Crippen LogP contribution in [0.4, 0.5) is 0 Å². The van der Waals surface area contributed by atoms with Crippen molar-refractivity contribution in [2.75, 3.05) is 18.9 Å². The lowest BCUT2D eigenvalue weighted by atomic mass is 10.1. The molecule has 2 N–H and O–H groups in total. The van der Waals surface area contributed by atoms with Gasteiger partial charge in [0.05, 0.1) is 5.75 Å². The van der Waals surface area contributed by atoms with Gasteiger partial charge >= 0.3 is 0 Å². The monoisotopic (exact) mass is 221 g/mol. The van der Waals surface area contributed by atoms with Crippen LogP contribution in [0.15, 0.2) is 0 Å². The Labute approximate surface area is 85.8 Å². The van der Waals surface area contributed by atoms with Gasteiger partial charge in [-0.2, -0.15) is 0 Å². The minimum Gasteiger partial charge on any atom is -0.396 e. The number of rotatable bonds is 7. The number of hydrogen-bond donors (Lipinski definition) is 2. The van der Waals surface area contributed by atoms with E-state index in [4.69, 9.17) is 5.11 Å². The lowest BCUT2D eigenvalue weighted by Crippen LogP contribution is -2.32. The first-order valence-corrected chi connectivity index (χ1v) is 6.77. The van der Waals surface area contributed by atoms with Crippen molar-refractivity contribution in [2.45, 2.75) is 32.6 Å². The van der Waals surface area contributed by atoms with E-state index in [1.165, 1.54) is 0 Å². The first kappa shape index (κ1) is 11.9. The Morgan fingerprint density at radius 2 is 2.07 bits per heavy atom. The van der Waals surface area contributed by atoms with Gasteiger partial charge in [0.25, 0.3) is 0 Å². The third-order valence-electron chi connectivity index (χ3n) is 2.95. The molecule has 1 aliphatic carbocycles. The quantitative estimate of drug-likeness (QED) is 0.657. The average Bonchev–Trinajstić information content (AvgIpc) is 2.93. The van der Waals surface area contributed by atoms with E-state index in [-0.39, 0.29) is 17.8 Å². The normalized spacial score (nSPS) is 19.6. The van der Waals surface area contributed by atoms with Gasteiger partial charge in [0, 0.05) is 13.2 Å². The van der Waals surface area contributed by atoms with Gasteiger partial charge in [-0.05, 0) is 31.1 Å². The summed E-state index contributed by atoms with van der Waals surface area (Å²) in [4.78, 5) is 0. The first-order chi connectivity index (χ1) is 6.54. The van der Waals surface area contributed by atoms with E-state index in [1.54, 1.807) is 0 Å². The minimum atomic E-state index is -3.16. The molecule has 0 bridgehead atoms. The predicted molar refractivity (Wildman–Crippen MR) is 55.5 cm³/mol. The molecule has 0 unspecified atom stereocenters. The van der Waals surface area contributed by atoms with Crippen LogP contribution in [0, 0.1) is 5.41 Å². The summed E-state index contributed by atoms with van der Waals surface area (Å²) in [5, 5.41) is 8.52. The Morgan fingerprint density at radius 3 is 2.50 bits per heavy atom. The van der Waals surface area contributed by atoms with Crippen LogP contribution < -0.4 is 4.72 Å². The van der Waals surface area contributed by atoms with Crippen molar-refractivity contribution in [3.63, 3.8) is 0 Å². The maximum absolute atomic E-state index is 11.4. The van der Waals surface area contributed by atoms with E-state index in [0.717, 1.165) is 19.3 Å². The fourth-order valence-corrected chi connectivity index (χ4v) is 2.60. The number of hydrogen-bond acceptors (Lipinski definition) is 3. The molecule has 1 aliphatic rings. The molecule has 0 aromatic heterocycles. The van der Waals surface area contributed by atoms with Crippen LogP contribution in [0.1, 0.15) is 32.6 Å². The zero-order valence-corrected chi connectivity index (χ0v) is 9.44. The van der Waals surface area contributed by atoms with Crippen molar-refractivity contribution in [3.05, 3.63) is 0 Å². The smallest absolute Gasteiger partial charge is 0.211 e. The van der Waals surface area contributed by atoms with Crippen molar-refractivity contribution in [1.29, 1.82) is 0 Å². The number of aliphatic hydroxyl groups excluding tert-OH is 1. The maximum atomic E-state index is 11.4. The van der Waals surface area contributed by atoms with Crippen LogP contribution in [0.2, 0.25) is 0 Å². The Bertz CT molecular complexity index is 270. The molecule has 0 amide bonds. The van der Waals surface area contributed by atoms with Crippen molar-refractivity contribution in [1.82, 2.24) is 4.72 Å². The number of nitrogens with one attached hydrogen (secondary N) is 1. The topological polar surface area (TPSA) is 66.4 Å². The zero-order valence-electron chi connectivity index (χ0n) is 8.62. The third kappa shape index (κ3) is 3.55. The average molecular weight is 221 g/mol. The molecular formula is C9H19NO3S. The molecule has 0 aromatic carbocycles. The van der Waals surface area contributed by atoms with Crippen LogP contribution in [0.3, 0.4) is 0 Å². The summed E-state index contributed by atoms with van der Waals surface area (Å²) in [7, 11) is -3.16. The second kappa shape index (κ2) is 4.59. The molecule has 0 atom stereocenters. The van der Waals surface area contributed by atoms with Gasteiger partial charge in [0.2, 0.25) is 10.0 Å². The molecule has 14 heavy (non-hydrogen) atoms. The van der Waals surface area contributed by atoms with E-state index >= 15 is 0 Å². The number of aliphatic hydroxyl groups is 1. The SMILES string of the molecule is CCC1(CNS(=O)(=O)CCCO)CC1. The van der Waals surface area contributed by atoms with Crippen LogP contribution in [-0.4, -0.2) is 32.4 Å². The maximum Gasteiger partial charge on any atom is 0.211 e. The number of sulfonamides is 1. The fraction of sp³-hybridized carbons (Fsp3) is 1.00. The summed E-state index contributed by atoms with van der Waals surface area (Å²) in [5.41, 5.74) is 0.242. The molecule has 0 aliphatic heterocycles. The molecular weight excluding hydrogens is 202 g/mol. The summed E-state index contributed by atoms with van der Waals surface area (Å²) in [5.74, 6) is 0.0310. The highest BCUT2D eigenvalue weighted by atomic mass is 32.2. The highest BCUT2D eigenvalue weighted by Gasteiger charge is 2.40. The van der Waals surface area contributed by atoms with Crippen molar-refractivity contribution in [2.24, 2.45) is 5.41 Å².